The first-order valence-electron chi connectivity index (χ1n) is 7.14. The number of hydrogen-bond donors (Lipinski definition) is 1. The average Bonchev–Trinajstić information content (AvgIpc) is 3.23. The zero-order chi connectivity index (χ0) is 16.1. The van der Waals surface area contributed by atoms with Crippen molar-refractivity contribution < 1.29 is 9.21 Å². The Morgan fingerprint density at radius 3 is 3.09 bits per heavy atom. The van der Waals surface area contributed by atoms with E-state index in [1.165, 1.54) is 6.08 Å². The lowest BCUT2D eigenvalue weighted by Crippen LogP contribution is -2.20. The minimum absolute atomic E-state index is 0.179. The number of amides is 1. The highest BCUT2D eigenvalue weighted by molar-refractivity contribution is 5.91. The monoisotopic (exact) mass is 308 g/mol. The SMILES string of the molecule is Cn1cc(-c2cc(CNC(=O)/C=C/c3ccco3)ccn2)cn1. The van der Waals surface area contributed by atoms with Crippen molar-refractivity contribution in [2.24, 2.45) is 7.05 Å². The number of carbonyl (C=O) groups is 1. The standard InChI is InChI=1S/C17H16N4O2/c1-21-12-14(11-20-21)16-9-13(6-7-18-16)10-19-17(22)5-4-15-3-2-8-23-15/h2-9,11-12H,10H2,1H3,(H,19,22)/b5-4+. The summed E-state index contributed by atoms with van der Waals surface area (Å²) in [6.45, 7) is 0.428. The van der Waals surface area contributed by atoms with Crippen molar-refractivity contribution in [3.63, 3.8) is 0 Å². The Morgan fingerprint density at radius 2 is 2.35 bits per heavy atom. The van der Waals surface area contributed by atoms with Crippen molar-refractivity contribution in [1.29, 1.82) is 0 Å². The summed E-state index contributed by atoms with van der Waals surface area (Å²) in [4.78, 5) is 16.1. The molecule has 0 aliphatic carbocycles. The summed E-state index contributed by atoms with van der Waals surface area (Å²) in [5.74, 6) is 0.462. The van der Waals surface area contributed by atoms with E-state index in [1.807, 2.05) is 25.4 Å². The maximum absolute atomic E-state index is 11.8. The Morgan fingerprint density at radius 1 is 1.43 bits per heavy atom. The first-order valence-corrected chi connectivity index (χ1v) is 7.14. The van der Waals surface area contributed by atoms with Gasteiger partial charge in [0.05, 0.1) is 18.2 Å². The first kappa shape index (κ1) is 14.8. The lowest BCUT2D eigenvalue weighted by Gasteiger charge is -2.04. The Labute approximate surface area is 133 Å². The summed E-state index contributed by atoms with van der Waals surface area (Å²) in [5.41, 5.74) is 2.74. The highest BCUT2D eigenvalue weighted by Gasteiger charge is 2.04. The summed E-state index contributed by atoms with van der Waals surface area (Å²) in [6, 6.07) is 7.37. The van der Waals surface area contributed by atoms with Crippen molar-refractivity contribution in [3.05, 3.63) is 66.5 Å². The molecule has 0 unspecified atom stereocenters. The van der Waals surface area contributed by atoms with Crippen LogP contribution in [-0.2, 0) is 18.4 Å². The van der Waals surface area contributed by atoms with Crippen molar-refractivity contribution in [2.75, 3.05) is 0 Å². The fourth-order valence-corrected chi connectivity index (χ4v) is 2.09. The molecule has 0 saturated carbocycles. The molecule has 3 aromatic heterocycles. The molecular formula is C17H16N4O2. The molecule has 0 saturated heterocycles. The number of carbonyl (C=O) groups excluding carboxylic acids is 1. The third-order valence-electron chi connectivity index (χ3n) is 3.23. The molecule has 3 heterocycles. The molecule has 0 aliphatic heterocycles. The Balaban J connectivity index is 1.61. The van der Waals surface area contributed by atoms with E-state index in [0.29, 0.717) is 12.3 Å². The van der Waals surface area contributed by atoms with E-state index in [4.69, 9.17) is 4.42 Å². The molecule has 0 radical (unpaired) electrons. The fourth-order valence-electron chi connectivity index (χ4n) is 2.09. The summed E-state index contributed by atoms with van der Waals surface area (Å²) in [5, 5.41) is 6.96. The number of furan rings is 1. The minimum Gasteiger partial charge on any atom is -0.465 e. The molecule has 6 nitrogen and oxygen atoms in total. The fraction of sp³-hybridized carbons (Fsp3) is 0.118. The molecule has 0 atom stereocenters. The van der Waals surface area contributed by atoms with Crippen LogP contribution in [-0.4, -0.2) is 20.7 Å². The van der Waals surface area contributed by atoms with Crippen LogP contribution in [0.4, 0.5) is 0 Å². The van der Waals surface area contributed by atoms with Gasteiger partial charge < -0.3 is 9.73 Å². The van der Waals surface area contributed by atoms with Crippen LogP contribution in [0.2, 0.25) is 0 Å². The van der Waals surface area contributed by atoms with E-state index in [1.54, 1.807) is 41.5 Å². The van der Waals surface area contributed by atoms with Crippen LogP contribution < -0.4 is 5.32 Å². The van der Waals surface area contributed by atoms with Crippen LogP contribution in [0.1, 0.15) is 11.3 Å². The lowest BCUT2D eigenvalue weighted by atomic mass is 10.1. The molecule has 3 aromatic rings. The Bertz CT molecular complexity index is 819. The number of nitrogens with zero attached hydrogens (tertiary/aromatic N) is 3. The third kappa shape index (κ3) is 3.94. The van der Waals surface area contributed by atoms with Gasteiger partial charge in [-0.25, -0.2) is 0 Å². The molecule has 0 aromatic carbocycles. The van der Waals surface area contributed by atoms with Gasteiger partial charge in [0.2, 0.25) is 5.91 Å². The van der Waals surface area contributed by atoms with Gasteiger partial charge in [-0.3, -0.25) is 14.5 Å². The number of hydrogen-bond acceptors (Lipinski definition) is 4. The molecule has 116 valence electrons. The zero-order valence-electron chi connectivity index (χ0n) is 12.6. The molecule has 1 N–H and O–H groups in total. The summed E-state index contributed by atoms with van der Waals surface area (Å²) in [7, 11) is 1.86. The smallest absolute Gasteiger partial charge is 0.244 e. The molecule has 0 aliphatic rings. The van der Waals surface area contributed by atoms with Crippen LogP contribution in [0.15, 0.2) is 59.6 Å². The number of aromatic nitrogens is 3. The van der Waals surface area contributed by atoms with E-state index in [9.17, 15) is 4.79 Å². The van der Waals surface area contributed by atoms with Gasteiger partial charge in [0.15, 0.2) is 0 Å². The molecule has 1 amide bonds. The molecule has 3 rings (SSSR count). The van der Waals surface area contributed by atoms with Gasteiger partial charge in [-0.15, -0.1) is 0 Å². The van der Waals surface area contributed by atoms with Gasteiger partial charge in [0, 0.05) is 37.6 Å². The third-order valence-corrected chi connectivity index (χ3v) is 3.23. The van der Waals surface area contributed by atoms with Crippen LogP contribution in [0.5, 0.6) is 0 Å². The van der Waals surface area contributed by atoms with Crippen molar-refractivity contribution in [3.8, 4) is 11.3 Å². The molecule has 0 bridgehead atoms. The second kappa shape index (κ2) is 6.74. The van der Waals surface area contributed by atoms with Gasteiger partial charge in [-0.2, -0.15) is 5.10 Å². The number of rotatable bonds is 5. The summed E-state index contributed by atoms with van der Waals surface area (Å²) in [6.07, 6.45) is 10.0. The molecule has 0 fully saturated rings. The van der Waals surface area contributed by atoms with E-state index in [0.717, 1.165) is 16.8 Å². The number of nitrogens with one attached hydrogen (secondary N) is 1. The van der Waals surface area contributed by atoms with Gasteiger partial charge in [-0.05, 0) is 35.9 Å². The molecule has 6 heteroatoms. The normalized spacial score (nSPS) is 11.0. The quantitative estimate of drug-likeness (QED) is 0.735. The van der Waals surface area contributed by atoms with Gasteiger partial charge in [-0.1, -0.05) is 0 Å². The van der Waals surface area contributed by atoms with E-state index >= 15 is 0 Å². The lowest BCUT2D eigenvalue weighted by molar-refractivity contribution is -0.116. The topological polar surface area (TPSA) is 73.0 Å². The second-order valence-corrected chi connectivity index (χ2v) is 5.02. The van der Waals surface area contributed by atoms with Gasteiger partial charge >= 0.3 is 0 Å². The van der Waals surface area contributed by atoms with Gasteiger partial charge in [0.25, 0.3) is 0 Å². The van der Waals surface area contributed by atoms with Crippen LogP contribution >= 0.6 is 0 Å². The predicted molar refractivity (Wildman–Crippen MR) is 86.0 cm³/mol. The Hall–Kier alpha value is -3.15. The maximum atomic E-state index is 11.8. The predicted octanol–water partition coefficient (Wildman–Crippen LogP) is 2.40. The Kier molecular flexibility index (Phi) is 4.33. The largest absolute Gasteiger partial charge is 0.465 e. The average molecular weight is 308 g/mol. The summed E-state index contributed by atoms with van der Waals surface area (Å²) >= 11 is 0. The number of aryl methyl sites for hydroxylation is 1. The van der Waals surface area contributed by atoms with E-state index in [-0.39, 0.29) is 5.91 Å². The van der Waals surface area contributed by atoms with Crippen molar-refractivity contribution >= 4 is 12.0 Å². The van der Waals surface area contributed by atoms with E-state index < -0.39 is 0 Å². The van der Waals surface area contributed by atoms with E-state index in [2.05, 4.69) is 15.4 Å². The van der Waals surface area contributed by atoms with Crippen LogP contribution in [0, 0.1) is 0 Å². The molecule has 23 heavy (non-hydrogen) atoms. The minimum atomic E-state index is -0.179. The van der Waals surface area contributed by atoms with Crippen LogP contribution in [0.25, 0.3) is 17.3 Å². The van der Waals surface area contributed by atoms with Crippen molar-refractivity contribution in [2.45, 2.75) is 6.54 Å². The highest BCUT2D eigenvalue weighted by atomic mass is 16.3. The van der Waals surface area contributed by atoms with Crippen LogP contribution in [0.3, 0.4) is 0 Å². The molecular weight excluding hydrogens is 292 g/mol. The zero-order valence-corrected chi connectivity index (χ0v) is 12.6. The van der Waals surface area contributed by atoms with Gasteiger partial charge in [0.1, 0.15) is 5.76 Å². The maximum Gasteiger partial charge on any atom is 0.244 e. The highest BCUT2D eigenvalue weighted by Crippen LogP contribution is 2.16. The summed E-state index contributed by atoms with van der Waals surface area (Å²) < 4.78 is 6.86. The van der Waals surface area contributed by atoms with Crippen molar-refractivity contribution in [1.82, 2.24) is 20.1 Å². The number of pyridine rings is 1. The molecule has 0 spiro atoms. The first-order chi connectivity index (χ1) is 11.2. The second-order valence-electron chi connectivity index (χ2n) is 5.02.